The molecule has 0 aromatic carbocycles. The molecule has 1 aliphatic carbocycles. The van der Waals surface area contributed by atoms with Crippen molar-refractivity contribution in [2.45, 2.75) is 64.3 Å². The molecule has 1 atom stereocenters. The number of piperidine rings is 1. The van der Waals surface area contributed by atoms with E-state index in [0.29, 0.717) is 19.4 Å². The van der Waals surface area contributed by atoms with Gasteiger partial charge in [0.2, 0.25) is 0 Å². The molecule has 2 aliphatic rings. The van der Waals surface area contributed by atoms with E-state index in [2.05, 4.69) is 4.72 Å². The molecule has 0 aromatic rings. The Balaban J connectivity index is 2.04. The molecule has 1 aliphatic heterocycles. The van der Waals surface area contributed by atoms with E-state index in [-0.39, 0.29) is 12.6 Å². The molecule has 1 unspecified atom stereocenters. The summed E-state index contributed by atoms with van der Waals surface area (Å²) in [5.74, 6) is -0.878. The van der Waals surface area contributed by atoms with Crippen molar-refractivity contribution in [1.29, 1.82) is 0 Å². The van der Waals surface area contributed by atoms with E-state index >= 15 is 0 Å². The summed E-state index contributed by atoms with van der Waals surface area (Å²) in [5, 5.41) is 9.50. The summed E-state index contributed by atoms with van der Waals surface area (Å²) in [4.78, 5) is 11.6. The molecule has 122 valence electrons. The zero-order valence-corrected chi connectivity index (χ0v) is 13.5. The van der Waals surface area contributed by atoms with E-state index in [1.807, 2.05) is 6.92 Å². The summed E-state index contributed by atoms with van der Waals surface area (Å²) in [5.41, 5.74) is -0.926. The van der Waals surface area contributed by atoms with E-state index in [0.717, 1.165) is 38.5 Å². The van der Waals surface area contributed by atoms with E-state index in [1.54, 1.807) is 0 Å². The van der Waals surface area contributed by atoms with E-state index in [9.17, 15) is 18.3 Å². The van der Waals surface area contributed by atoms with Gasteiger partial charge in [0.1, 0.15) is 0 Å². The predicted molar refractivity (Wildman–Crippen MR) is 80.1 cm³/mol. The van der Waals surface area contributed by atoms with Crippen LogP contribution in [0.2, 0.25) is 0 Å². The normalized spacial score (nSPS) is 27.4. The van der Waals surface area contributed by atoms with Crippen LogP contribution < -0.4 is 4.72 Å². The van der Waals surface area contributed by atoms with E-state index in [1.165, 1.54) is 4.31 Å². The average Bonchev–Trinajstić information content (AvgIpc) is 2.46. The Morgan fingerprint density at radius 1 is 1.24 bits per heavy atom. The fourth-order valence-corrected chi connectivity index (χ4v) is 5.01. The van der Waals surface area contributed by atoms with Gasteiger partial charge in [0, 0.05) is 19.1 Å². The number of rotatable bonds is 5. The van der Waals surface area contributed by atoms with Crippen LogP contribution in [-0.2, 0) is 15.0 Å². The van der Waals surface area contributed by atoms with Crippen molar-refractivity contribution < 1.29 is 18.3 Å². The zero-order chi connectivity index (χ0) is 15.5. The molecular weight excluding hydrogens is 292 g/mol. The quantitative estimate of drug-likeness (QED) is 0.808. The molecule has 0 bridgehead atoms. The molecule has 0 radical (unpaired) electrons. The maximum Gasteiger partial charge on any atom is 0.310 e. The second kappa shape index (κ2) is 6.62. The maximum absolute atomic E-state index is 12.4. The number of carboxylic acids is 1. The number of aliphatic carboxylic acids is 1. The van der Waals surface area contributed by atoms with Crippen LogP contribution in [0.5, 0.6) is 0 Å². The first-order valence-electron chi connectivity index (χ1n) is 7.87. The van der Waals surface area contributed by atoms with Gasteiger partial charge in [-0.2, -0.15) is 12.7 Å². The second-order valence-electron chi connectivity index (χ2n) is 6.43. The van der Waals surface area contributed by atoms with Crippen molar-refractivity contribution in [2.24, 2.45) is 5.41 Å². The highest BCUT2D eigenvalue weighted by atomic mass is 32.2. The first-order valence-corrected chi connectivity index (χ1v) is 9.31. The summed E-state index contributed by atoms with van der Waals surface area (Å²) >= 11 is 0. The van der Waals surface area contributed by atoms with Gasteiger partial charge < -0.3 is 5.11 Å². The number of hydrogen-bond acceptors (Lipinski definition) is 3. The monoisotopic (exact) mass is 318 g/mol. The SMILES string of the molecule is CC1CCCCN1S(=O)(=O)NCC1(C(=O)O)CCCCC1. The minimum Gasteiger partial charge on any atom is -0.481 e. The Hall–Kier alpha value is -0.660. The molecule has 2 N–H and O–H groups in total. The Morgan fingerprint density at radius 2 is 1.90 bits per heavy atom. The number of hydrogen-bond donors (Lipinski definition) is 2. The molecular formula is C14H26N2O4S. The highest BCUT2D eigenvalue weighted by molar-refractivity contribution is 7.87. The number of nitrogens with zero attached hydrogens (tertiary/aromatic N) is 1. The van der Waals surface area contributed by atoms with Crippen LogP contribution >= 0.6 is 0 Å². The second-order valence-corrected chi connectivity index (χ2v) is 8.14. The van der Waals surface area contributed by atoms with Gasteiger partial charge in [-0.05, 0) is 32.6 Å². The van der Waals surface area contributed by atoms with Crippen molar-refractivity contribution in [3.8, 4) is 0 Å². The summed E-state index contributed by atoms with van der Waals surface area (Å²) in [7, 11) is -3.58. The largest absolute Gasteiger partial charge is 0.481 e. The molecule has 0 aromatic heterocycles. The minimum absolute atomic E-state index is 0.00782. The maximum atomic E-state index is 12.4. The van der Waals surface area contributed by atoms with Crippen LogP contribution in [0.3, 0.4) is 0 Å². The topological polar surface area (TPSA) is 86.7 Å². The van der Waals surface area contributed by atoms with Crippen LogP contribution in [0.25, 0.3) is 0 Å². The minimum atomic E-state index is -3.58. The van der Waals surface area contributed by atoms with Crippen LogP contribution in [-0.4, -0.2) is 42.9 Å². The third-order valence-corrected chi connectivity index (χ3v) is 6.58. The molecule has 2 fully saturated rings. The van der Waals surface area contributed by atoms with Gasteiger partial charge in [0.25, 0.3) is 10.2 Å². The summed E-state index contributed by atoms with van der Waals surface area (Å²) in [6, 6.07) is -0.0108. The first-order chi connectivity index (χ1) is 9.87. The Kier molecular flexibility index (Phi) is 5.27. The van der Waals surface area contributed by atoms with Gasteiger partial charge in [0.05, 0.1) is 5.41 Å². The molecule has 1 heterocycles. The lowest BCUT2D eigenvalue weighted by atomic mass is 9.74. The van der Waals surface area contributed by atoms with E-state index < -0.39 is 21.6 Å². The zero-order valence-electron chi connectivity index (χ0n) is 12.7. The molecule has 1 saturated carbocycles. The lowest BCUT2D eigenvalue weighted by Gasteiger charge is -2.36. The summed E-state index contributed by atoms with van der Waals surface area (Å²) < 4.78 is 28.9. The lowest BCUT2D eigenvalue weighted by Crippen LogP contribution is -2.52. The standard InChI is InChI=1S/C14H26N2O4S/c1-12-7-3-6-10-16(12)21(19,20)15-11-14(13(17)18)8-4-2-5-9-14/h12,15H,2-11H2,1H3,(H,17,18). The number of carbonyl (C=O) groups is 1. The number of nitrogens with one attached hydrogen (secondary N) is 1. The Labute approximate surface area is 127 Å². The molecule has 1 saturated heterocycles. The predicted octanol–water partition coefficient (Wildman–Crippen LogP) is 1.73. The van der Waals surface area contributed by atoms with Gasteiger partial charge in [0.15, 0.2) is 0 Å². The van der Waals surface area contributed by atoms with Crippen molar-refractivity contribution in [2.75, 3.05) is 13.1 Å². The first kappa shape index (κ1) is 16.7. The molecule has 2 rings (SSSR count). The third-order valence-electron chi connectivity index (χ3n) is 4.91. The van der Waals surface area contributed by atoms with Gasteiger partial charge in [-0.3, -0.25) is 4.79 Å². The van der Waals surface area contributed by atoms with E-state index in [4.69, 9.17) is 0 Å². The van der Waals surface area contributed by atoms with Gasteiger partial charge in [-0.25, -0.2) is 4.72 Å². The Morgan fingerprint density at radius 3 is 2.48 bits per heavy atom. The summed E-state index contributed by atoms with van der Waals surface area (Å²) in [6.07, 6.45) is 6.64. The van der Waals surface area contributed by atoms with Crippen LogP contribution in [0.1, 0.15) is 58.3 Å². The van der Waals surface area contributed by atoms with Crippen LogP contribution in [0, 0.1) is 5.41 Å². The van der Waals surface area contributed by atoms with Gasteiger partial charge in [-0.15, -0.1) is 0 Å². The van der Waals surface area contributed by atoms with Crippen LogP contribution in [0.4, 0.5) is 0 Å². The molecule has 7 heteroatoms. The molecule has 6 nitrogen and oxygen atoms in total. The fourth-order valence-electron chi connectivity index (χ4n) is 3.44. The Bertz CT molecular complexity index is 471. The molecule has 0 spiro atoms. The third kappa shape index (κ3) is 3.76. The van der Waals surface area contributed by atoms with Gasteiger partial charge >= 0.3 is 5.97 Å². The van der Waals surface area contributed by atoms with Crippen molar-refractivity contribution in [3.05, 3.63) is 0 Å². The average molecular weight is 318 g/mol. The highest BCUT2D eigenvalue weighted by Crippen LogP contribution is 2.36. The highest BCUT2D eigenvalue weighted by Gasteiger charge is 2.41. The molecule has 0 amide bonds. The van der Waals surface area contributed by atoms with Crippen molar-refractivity contribution in [3.63, 3.8) is 0 Å². The van der Waals surface area contributed by atoms with Gasteiger partial charge in [-0.1, -0.05) is 25.7 Å². The van der Waals surface area contributed by atoms with Crippen LogP contribution in [0.15, 0.2) is 0 Å². The molecule has 21 heavy (non-hydrogen) atoms. The van der Waals surface area contributed by atoms with Crippen molar-refractivity contribution >= 4 is 16.2 Å². The van der Waals surface area contributed by atoms with Crippen molar-refractivity contribution in [1.82, 2.24) is 9.03 Å². The lowest BCUT2D eigenvalue weighted by molar-refractivity contribution is -0.150. The fraction of sp³-hybridized carbons (Fsp3) is 0.929. The summed E-state index contributed by atoms with van der Waals surface area (Å²) in [6.45, 7) is 2.44. The smallest absolute Gasteiger partial charge is 0.310 e. The number of carboxylic acid groups (broad SMARTS) is 1.